The van der Waals surface area contributed by atoms with E-state index >= 15 is 0 Å². The summed E-state index contributed by atoms with van der Waals surface area (Å²) in [6.45, 7) is 7.52. The summed E-state index contributed by atoms with van der Waals surface area (Å²) >= 11 is 3.44. The molecule has 26 heavy (non-hydrogen) atoms. The molecule has 0 radical (unpaired) electrons. The molecule has 0 aliphatic carbocycles. The molecule has 0 atom stereocenters. The number of halogens is 1. The molecule has 1 aromatic rings. The highest BCUT2D eigenvalue weighted by Crippen LogP contribution is 2.33. The monoisotopic (exact) mass is 423 g/mol. The number of ether oxygens (including phenoxy) is 2. The van der Waals surface area contributed by atoms with Gasteiger partial charge in [-0.15, -0.1) is 5.11 Å². The molecule has 140 valence electrons. The summed E-state index contributed by atoms with van der Waals surface area (Å²) in [5.74, 6) is -0.953. The van der Waals surface area contributed by atoms with Gasteiger partial charge in [-0.05, 0) is 53.4 Å². The number of methoxy groups -OCH3 is 1. The number of rotatable bonds is 7. The van der Waals surface area contributed by atoms with E-state index in [-0.39, 0.29) is 18.6 Å². The van der Waals surface area contributed by atoms with Gasteiger partial charge in [0.25, 0.3) is 0 Å². The molecule has 8 heteroatoms. The second-order valence-electron chi connectivity index (χ2n) is 5.81. The maximum atomic E-state index is 11.9. The Morgan fingerprint density at radius 1 is 1.31 bits per heavy atom. The second-order valence-corrected chi connectivity index (χ2v) is 6.66. The minimum absolute atomic E-state index is 0.191. The fourth-order valence-electron chi connectivity index (χ4n) is 2.57. The van der Waals surface area contributed by atoms with Crippen LogP contribution in [0.5, 0.6) is 0 Å². The molecular weight excluding hydrogens is 402 g/mol. The summed E-state index contributed by atoms with van der Waals surface area (Å²) < 4.78 is 10.4. The van der Waals surface area contributed by atoms with E-state index in [0.29, 0.717) is 21.3 Å². The summed E-state index contributed by atoms with van der Waals surface area (Å²) in [4.78, 5) is 23.8. The molecule has 1 aromatic carbocycles. The highest BCUT2D eigenvalue weighted by molar-refractivity contribution is 9.10. The average molecular weight is 424 g/mol. The Balaban J connectivity index is 2.35. The second kappa shape index (κ2) is 9.47. The van der Waals surface area contributed by atoms with Crippen LogP contribution in [-0.2, 0) is 20.7 Å². The normalized spacial score (nSPS) is 13.9. The van der Waals surface area contributed by atoms with Crippen LogP contribution in [0.1, 0.15) is 35.7 Å². The van der Waals surface area contributed by atoms with Crippen LogP contribution in [0, 0.1) is 0 Å². The molecule has 2 rings (SSSR count). The van der Waals surface area contributed by atoms with E-state index < -0.39 is 11.9 Å². The Kier molecular flexibility index (Phi) is 7.32. The summed E-state index contributed by atoms with van der Waals surface area (Å²) in [5, 5.41) is 10.5. The van der Waals surface area contributed by atoms with Crippen molar-refractivity contribution in [1.29, 1.82) is 0 Å². The van der Waals surface area contributed by atoms with E-state index in [1.165, 1.54) is 7.11 Å². The first-order valence-electron chi connectivity index (χ1n) is 8.38. The zero-order valence-corrected chi connectivity index (χ0v) is 16.5. The van der Waals surface area contributed by atoms with Crippen molar-refractivity contribution in [3.63, 3.8) is 0 Å². The molecular formula is C18H22BrN3O4. The Morgan fingerprint density at radius 3 is 2.62 bits per heavy atom. The number of hydrogen-bond acceptors (Lipinski definition) is 6. The molecule has 0 N–H and O–H groups in total. The van der Waals surface area contributed by atoms with Gasteiger partial charge in [0.05, 0.1) is 19.3 Å². The Morgan fingerprint density at radius 2 is 2.00 bits per heavy atom. The maximum absolute atomic E-state index is 11.9. The number of carbonyl (C=O) groups excluding carboxylic acids is 2. The molecule has 1 fully saturated rings. The molecule has 1 aliphatic heterocycles. The lowest BCUT2D eigenvalue weighted by molar-refractivity contribution is -0.138. The zero-order valence-electron chi connectivity index (χ0n) is 15.0. The predicted molar refractivity (Wildman–Crippen MR) is 100 cm³/mol. The van der Waals surface area contributed by atoms with Crippen molar-refractivity contribution in [2.24, 2.45) is 10.3 Å². The SMILES string of the molecule is C=C(Cc1cc(C(=O)OC)cc(Br)c1N=NN1CCCC1)C(=O)OCC. The summed E-state index contributed by atoms with van der Waals surface area (Å²) in [7, 11) is 1.31. The lowest BCUT2D eigenvalue weighted by atomic mass is 10.0. The third-order valence-corrected chi connectivity index (χ3v) is 4.49. The van der Waals surface area contributed by atoms with Gasteiger partial charge in [0, 0.05) is 29.6 Å². The van der Waals surface area contributed by atoms with E-state index in [1.807, 2.05) is 5.01 Å². The number of carbonyl (C=O) groups is 2. The van der Waals surface area contributed by atoms with Crippen LogP contribution in [0.3, 0.4) is 0 Å². The largest absolute Gasteiger partial charge is 0.465 e. The smallest absolute Gasteiger partial charge is 0.337 e. The van der Waals surface area contributed by atoms with Crippen LogP contribution >= 0.6 is 15.9 Å². The van der Waals surface area contributed by atoms with Crippen molar-refractivity contribution in [3.8, 4) is 0 Å². The van der Waals surface area contributed by atoms with Crippen molar-refractivity contribution >= 4 is 33.6 Å². The predicted octanol–water partition coefficient (Wildman–Crippen LogP) is 3.99. The van der Waals surface area contributed by atoms with Gasteiger partial charge in [-0.3, -0.25) is 5.01 Å². The highest BCUT2D eigenvalue weighted by Gasteiger charge is 2.18. The van der Waals surface area contributed by atoms with E-state index in [2.05, 4.69) is 32.8 Å². The third kappa shape index (κ3) is 5.14. The molecule has 0 aromatic heterocycles. The first-order valence-corrected chi connectivity index (χ1v) is 9.17. The number of nitrogens with zero attached hydrogens (tertiary/aromatic N) is 3. The molecule has 1 saturated heterocycles. The minimum Gasteiger partial charge on any atom is -0.465 e. The zero-order chi connectivity index (χ0) is 19.1. The first kappa shape index (κ1) is 20.1. The third-order valence-electron chi connectivity index (χ3n) is 3.89. The molecule has 0 saturated carbocycles. The van der Waals surface area contributed by atoms with Crippen LogP contribution in [0.15, 0.2) is 39.1 Å². The van der Waals surface area contributed by atoms with E-state index in [9.17, 15) is 9.59 Å². The van der Waals surface area contributed by atoms with E-state index in [4.69, 9.17) is 9.47 Å². The fourth-order valence-corrected chi connectivity index (χ4v) is 3.15. The van der Waals surface area contributed by atoms with Gasteiger partial charge in [-0.2, -0.15) is 0 Å². The molecule has 0 bridgehead atoms. The average Bonchev–Trinajstić information content (AvgIpc) is 3.13. The number of hydrogen-bond donors (Lipinski definition) is 0. The van der Waals surface area contributed by atoms with Gasteiger partial charge in [-0.1, -0.05) is 11.8 Å². The van der Waals surface area contributed by atoms with Gasteiger partial charge in [-0.25, -0.2) is 9.59 Å². The van der Waals surface area contributed by atoms with Crippen molar-refractivity contribution in [2.45, 2.75) is 26.2 Å². The fraction of sp³-hybridized carbons (Fsp3) is 0.444. The Labute approximate surface area is 161 Å². The number of benzene rings is 1. The number of esters is 2. The van der Waals surface area contributed by atoms with Crippen molar-refractivity contribution < 1.29 is 19.1 Å². The summed E-state index contributed by atoms with van der Waals surface area (Å²) in [6.07, 6.45) is 2.37. The lowest BCUT2D eigenvalue weighted by Crippen LogP contribution is -2.11. The Hall–Kier alpha value is -2.22. The van der Waals surface area contributed by atoms with Gasteiger partial charge >= 0.3 is 11.9 Å². The van der Waals surface area contributed by atoms with Crippen LogP contribution in [0.2, 0.25) is 0 Å². The first-order chi connectivity index (χ1) is 12.5. The molecule has 0 unspecified atom stereocenters. The van der Waals surface area contributed by atoms with Gasteiger partial charge in [0.2, 0.25) is 0 Å². The maximum Gasteiger partial charge on any atom is 0.337 e. The van der Waals surface area contributed by atoms with Crippen molar-refractivity contribution in [2.75, 3.05) is 26.8 Å². The van der Waals surface area contributed by atoms with E-state index in [1.54, 1.807) is 19.1 Å². The van der Waals surface area contributed by atoms with Crippen LogP contribution in [-0.4, -0.2) is 43.8 Å². The topological polar surface area (TPSA) is 80.6 Å². The lowest BCUT2D eigenvalue weighted by Gasteiger charge is -2.13. The molecule has 0 amide bonds. The molecule has 0 spiro atoms. The van der Waals surface area contributed by atoms with Crippen LogP contribution in [0.25, 0.3) is 0 Å². The molecule has 1 heterocycles. The Bertz CT molecular complexity index is 727. The van der Waals surface area contributed by atoms with Gasteiger partial charge in [0.1, 0.15) is 5.69 Å². The minimum atomic E-state index is -0.477. The van der Waals surface area contributed by atoms with Crippen molar-refractivity contribution in [3.05, 3.63) is 39.9 Å². The quantitative estimate of drug-likeness (QED) is 0.376. The standard InChI is InChI=1S/C18H22BrN3O4/c1-4-26-17(23)12(2)9-13-10-14(18(24)25-3)11-15(19)16(13)20-21-22-7-5-6-8-22/h10-11H,2,4-9H2,1,3H3. The summed E-state index contributed by atoms with van der Waals surface area (Å²) in [5.41, 5.74) is 1.82. The highest BCUT2D eigenvalue weighted by atomic mass is 79.9. The van der Waals surface area contributed by atoms with Crippen LogP contribution < -0.4 is 0 Å². The van der Waals surface area contributed by atoms with Gasteiger partial charge < -0.3 is 9.47 Å². The van der Waals surface area contributed by atoms with Gasteiger partial charge in [0.15, 0.2) is 0 Å². The van der Waals surface area contributed by atoms with Crippen LogP contribution in [0.4, 0.5) is 5.69 Å². The molecule has 1 aliphatic rings. The summed E-state index contributed by atoms with van der Waals surface area (Å²) in [6, 6.07) is 3.26. The van der Waals surface area contributed by atoms with E-state index in [0.717, 1.165) is 25.9 Å². The molecule has 7 nitrogen and oxygen atoms in total. The van der Waals surface area contributed by atoms with Crippen molar-refractivity contribution in [1.82, 2.24) is 5.01 Å².